The van der Waals surface area contributed by atoms with E-state index in [9.17, 15) is 9.90 Å². The molecule has 0 radical (unpaired) electrons. The quantitative estimate of drug-likeness (QED) is 0.812. The molecule has 2 aliphatic heterocycles. The number of rotatable bonds is 3. The number of hydrogen-bond donors (Lipinski definition) is 1. The predicted octanol–water partition coefficient (Wildman–Crippen LogP) is 1.73. The smallest absolute Gasteiger partial charge is 0.136 e. The van der Waals surface area contributed by atoms with Crippen LogP contribution in [0.1, 0.15) is 51.4 Å². The Morgan fingerprint density at radius 1 is 1.18 bits per heavy atom. The number of hydrogen-bond acceptors (Lipinski definition) is 3. The maximum Gasteiger partial charge on any atom is 0.136 e. The van der Waals surface area contributed by atoms with Crippen LogP contribution in [0, 0.1) is 5.92 Å². The van der Waals surface area contributed by atoms with Gasteiger partial charge in [0.25, 0.3) is 0 Å². The van der Waals surface area contributed by atoms with Crippen molar-refractivity contribution in [3.63, 3.8) is 0 Å². The van der Waals surface area contributed by atoms with Crippen LogP contribution in [0.25, 0.3) is 0 Å². The lowest BCUT2D eigenvalue weighted by molar-refractivity contribution is -0.121. The maximum atomic E-state index is 11.6. The van der Waals surface area contributed by atoms with E-state index in [1.54, 1.807) is 0 Å². The average molecular weight is 237 g/mol. The van der Waals surface area contributed by atoms with Gasteiger partial charge in [0.05, 0.1) is 6.10 Å². The van der Waals surface area contributed by atoms with Crippen molar-refractivity contribution < 1.29 is 9.90 Å². The first-order chi connectivity index (χ1) is 8.24. The Morgan fingerprint density at radius 2 is 1.88 bits per heavy atom. The zero-order chi connectivity index (χ0) is 11.8. The fraction of sp³-hybridized carbons (Fsp3) is 0.929. The minimum absolute atomic E-state index is 0.0723. The average Bonchev–Trinajstić information content (AvgIpc) is 2.79. The number of carbonyl (C=O) groups is 1. The first-order valence-electron chi connectivity index (χ1n) is 7.20. The lowest BCUT2D eigenvalue weighted by Gasteiger charge is -2.37. The molecular formula is C14H23NO2. The van der Waals surface area contributed by atoms with Crippen molar-refractivity contribution in [2.45, 2.75) is 69.6 Å². The van der Waals surface area contributed by atoms with Crippen molar-refractivity contribution in [2.75, 3.05) is 6.54 Å². The molecule has 1 N–H and O–H groups in total. The summed E-state index contributed by atoms with van der Waals surface area (Å²) in [6.45, 7) is 1.08. The summed E-state index contributed by atoms with van der Waals surface area (Å²) in [7, 11) is 0. The Kier molecular flexibility index (Phi) is 3.22. The van der Waals surface area contributed by atoms with Gasteiger partial charge in [0.2, 0.25) is 0 Å². The highest BCUT2D eigenvalue weighted by Gasteiger charge is 2.40. The second kappa shape index (κ2) is 4.69. The molecule has 2 bridgehead atoms. The van der Waals surface area contributed by atoms with Crippen LogP contribution in [0.15, 0.2) is 0 Å². The maximum absolute atomic E-state index is 11.6. The number of piperidine rings is 1. The van der Waals surface area contributed by atoms with Gasteiger partial charge in [0.15, 0.2) is 0 Å². The molecule has 2 saturated heterocycles. The van der Waals surface area contributed by atoms with Gasteiger partial charge >= 0.3 is 0 Å². The van der Waals surface area contributed by atoms with Crippen LogP contribution in [0.5, 0.6) is 0 Å². The number of nitrogens with zero attached hydrogens (tertiary/aromatic N) is 1. The topological polar surface area (TPSA) is 40.5 Å². The van der Waals surface area contributed by atoms with E-state index in [1.165, 1.54) is 12.8 Å². The van der Waals surface area contributed by atoms with E-state index < -0.39 is 0 Å². The molecule has 0 aromatic rings. The van der Waals surface area contributed by atoms with Crippen molar-refractivity contribution in [3.8, 4) is 0 Å². The summed E-state index contributed by atoms with van der Waals surface area (Å²) >= 11 is 0. The first kappa shape index (κ1) is 11.7. The van der Waals surface area contributed by atoms with Gasteiger partial charge in [-0.05, 0) is 51.5 Å². The monoisotopic (exact) mass is 237 g/mol. The number of aliphatic hydroxyl groups excluding tert-OH is 1. The van der Waals surface area contributed by atoms with Crippen LogP contribution in [-0.4, -0.2) is 40.5 Å². The summed E-state index contributed by atoms with van der Waals surface area (Å²) in [5.74, 6) is 0.843. The molecule has 1 saturated carbocycles. The SMILES string of the molecule is O=C1CCCC1CCN1C2CCC1CC(O)C2. The number of Topliss-reactive ketones (excluding diaryl/α,β-unsaturated/α-hetero) is 1. The lowest BCUT2D eigenvalue weighted by Crippen LogP contribution is -2.45. The third kappa shape index (κ3) is 2.27. The molecule has 3 atom stereocenters. The number of aliphatic hydroxyl groups is 1. The van der Waals surface area contributed by atoms with E-state index in [1.807, 2.05) is 0 Å². The molecule has 2 heterocycles. The summed E-state index contributed by atoms with van der Waals surface area (Å²) in [5.41, 5.74) is 0. The number of fused-ring (bicyclic) bond motifs is 2. The van der Waals surface area contributed by atoms with E-state index in [0.29, 0.717) is 23.8 Å². The molecule has 0 aromatic carbocycles. The highest BCUT2D eigenvalue weighted by molar-refractivity contribution is 5.82. The van der Waals surface area contributed by atoms with E-state index in [4.69, 9.17) is 0 Å². The van der Waals surface area contributed by atoms with E-state index in [-0.39, 0.29) is 6.10 Å². The van der Waals surface area contributed by atoms with Gasteiger partial charge in [-0.25, -0.2) is 0 Å². The van der Waals surface area contributed by atoms with Gasteiger partial charge in [0, 0.05) is 24.4 Å². The second-order valence-electron chi connectivity index (χ2n) is 6.09. The lowest BCUT2D eigenvalue weighted by atomic mass is 9.97. The number of carbonyl (C=O) groups excluding carboxylic acids is 1. The molecule has 3 rings (SSSR count). The Labute approximate surface area is 103 Å². The van der Waals surface area contributed by atoms with Gasteiger partial charge in [-0.1, -0.05) is 0 Å². The van der Waals surface area contributed by atoms with Gasteiger partial charge in [-0.2, -0.15) is 0 Å². The molecule has 17 heavy (non-hydrogen) atoms. The van der Waals surface area contributed by atoms with E-state index >= 15 is 0 Å². The molecule has 3 nitrogen and oxygen atoms in total. The Balaban J connectivity index is 1.54. The van der Waals surface area contributed by atoms with Gasteiger partial charge in [-0.3, -0.25) is 9.69 Å². The molecule has 3 fully saturated rings. The summed E-state index contributed by atoms with van der Waals surface area (Å²) in [4.78, 5) is 14.2. The zero-order valence-electron chi connectivity index (χ0n) is 10.5. The predicted molar refractivity (Wildman–Crippen MR) is 65.7 cm³/mol. The highest BCUT2D eigenvalue weighted by Crippen LogP contribution is 2.36. The third-order valence-corrected chi connectivity index (χ3v) is 5.03. The molecule has 3 unspecified atom stereocenters. The zero-order valence-corrected chi connectivity index (χ0v) is 10.5. The van der Waals surface area contributed by atoms with Crippen molar-refractivity contribution >= 4 is 5.78 Å². The Bertz CT molecular complexity index is 291. The van der Waals surface area contributed by atoms with Crippen LogP contribution >= 0.6 is 0 Å². The summed E-state index contributed by atoms with van der Waals surface area (Å²) in [6, 6.07) is 1.19. The molecule has 3 heteroatoms. The van der Waals surface area contributed by atoms with Crippen LogP contribution in [0.2, 0.25) is 0 Å². The van der Waals surface area contributed by atoms with Crippen LogP contribution in [0.4, 0.5) is 0 Å². The summed E-state index contributed by atoms with van der Waals surface area (Å²) in [6.07, 6.45) is 8.43. The first-order valence-corrected chi connectivity index (χ1v) is 7.20. The largest absolute Gasteiger partial charge is 0.393 e. The second-order valence-corrected chi connectivity index (χ2v) is 6.09. The van der Waals surface area contributed by atoms with Crippen molar-refractivity contribution in [3.05, 3.63) is 0 Å². The van der Waals surface area contributed by atoms with Gasteiger partial charge in [0.1, 0.15) is 5.78 Å². The van der Waals surface area contributed by atoms with Crippen molar-refractivity contribution in [2.24, 2.45) is 5.92 Å². The summed E-state index contributed by atoms with van der Waals surface area (Å²) in [5, 5.41) is 9.75. The van der Waals surface area contributed by atoms with Crippen molar-refractivity contribution in [1.29, 1.82) is 0 Å². The molecule has 1 aliphatic carbocycles. The standard InChI is InChI=1S/C14H23NO2/c16-13-8-11-4-5-12(9-13)15(11)7-6-10-2-1-3-14(10)17/h10-13,16H,1-9H2. The van der Waals surface area contributed by atoms with Crippen LogP contribution in [-0.2, 0) is 4.79 Å². The molecular weight excluding hydrogens is 214 g/mol. The minimum Gasteiger partial charge on any atom is -0.393 e. The highest BCUT2D eigenvalue weighted by atomic mass is 16.3. The fourth-order valence-corrected chi connectivity index (χ4v) is 4.11. The Morgan fingerprint density at radius 3 is 2.47 bits per heavy atom. The fourth-order valence-electron chi connectivity index (χ4n) is 4.11. The molecule has 0 spiro atoms. The molecule has 0 aromatic heterocycles. The van der Waals surface area contributed by atoms with Crippen LogP contribution in [0.3, 0.4) is 0 Å². The van der Waals surface area contributed by atoms with Crippen molar-refractivity contribution in [1.82, 2.24) is 4.90 Å². The van der Waals surface area contributed by atoms with E-state index in [0.717, 1.165) is 45.1 Å². The van der Waals surface area contributed by atoms with Gasteiger partial charge < -0.3 is 5.11 Å². The van der Waals surface area contributed by atoms with E-state index in [2.05, 4.69) is 4.90 Å². The normalized spacial score (nSPS) is 42.3. The minimum atomic E-state index is -0.0723. The third-order valence-electron chi connectivity index (χ3n) is 5.03. The molecule has 0 amide bonds. The summed E-state index contributed by atoms with van der Waals surface area (Å²) < 4.78 is 0. The van der Waals surface area contributed by atoms with Crippen LogP contribution < -0.4 is 0 Å². The molecule has 96 valence electrons. The number of ketones is 1. The Hall–Kier alpha value is -0.410. The van der Waals surface area contributed by atoms with Gasteiger partial charge in [-0.15, -0.1) is 0 Å². The molecule has 3 aliphatic rings.